The quantitative estimate of drug-likeness (QED) is 0.660. The van der Waals surface area contributed by atoms with Crippen LogP contribution in [0, 0.1) is 12.7 Å². The third-order valence-corrected chi connectivity index (χ3v) is 5.24. The third-order valence-electron chi connectivity index (χ3n) is 4.15. The first kappa shape index (κ1) is 19.6. The van der Waals surface area contributed by atoms with Crippen molar-refractivity contribution in [1.82, 2.24) is 4.57 Å². The molecule has 8 heteroatoms. The number of benzene rings is 2. The van der Waals surface area contributed by atoms with Crippen LogP contribution in [0.25, 0.3) is 0 Å². The Hall–Kier alpha value is -3.13. The van der Waals surface area contributed by atoms with Crippen LogP contribution in [0.5, 0.6) is 5.75 Å². The topological polar surface area (TPSA) is 72.4 Å². The summed E-state index contributed by atoms with van der Waals surface area (Å²) in [5, 5.41) is 2.92. The number of nitrogens with zero attached hydrogens (tertiary/aromatic N) is 1. The number of hydrogen-bond donors (Lipinski definition) is 2. The SMILES string of the molecule is COc1cc(=O)n(C)c(Nc2ccc(C)cc2F)c1NS(=O)c1ccccc1. The number of hydrogen-bond acceptors (Lipinski definition) is 4. The van der Waals surface area contributed by atoms with Gasteiger partial charge in [0.1, 0.15) is 28.3 Å². The molecule has 146 valence electrons. The van der Waals surface area contributed by atoms with Crippen molar-refractivity contribution in [3.05, 3.63) is 76.3 Å². The van der Waals surface area contributed by atoms with Crippen molar-refractivity contribution in [2.45, 2.75) is 11.8 Å². The van der Waals surface area contributed by atoms with Gasteiger partial charge in [0.05, 0.1) is 17.7 Å². The van der Waals surface area contributed by atoms with E-state index in [0.29, 0.717) is 4.90 Å². The van der Waals surface area contributed by atoms with Gasteiger partial charge in [-0.15, -0.1) is 0 Å². The van der Waals surface area contributed by atoms with E-state index in [0.717, 1.165) is 5.56 Å². The Labute approximate surface area is 164 Å². The lowest BCUT2D eigenvalue weighted by molar-refractivity contribution is 0.415. The van der Waals surface area contributed by atoms with Gasteiger partial charge in [0.25, 0.3) is 5.56 Å². The molecule has 2 N–H and O–H groups in total. The molecule has 1 atom stereocenters. The maximum atomic E-state index is 14.3. The fourth-order valence-corrected chi connectivity index (χ4v) is 3.53. The number of anilines is 3. The molecule has 0 bridgehead atoms. The molecule has 6 nitrogen and oxygen atoms in total. The van der Waals surface area contributed by atoms with Crippen LogP contribution >= 0.6 is 0 Å². The number of ether oxygens (including phenoxy) is 1. The Balaban J connectivity index is 2.08. The number of pyridine rings is 1. The van der Waals surface area contributed by atoms with Gasteiger partial charge in [-0.3, -0.25) is 14.1 Å². The maximum absolute atomic E-state index is 14.3. The van der Waals surface area contributed by atoms with Gasteiger partial charge in [-0.05, 0) is 36.8 Å². The standard InChI is InChI=1S/C20H20FN3O3S/c1-13-9-10-16(15(21)11-13)22-20-19(17(27-3)12-18(25)24(20)2)23-28(26)14-7-5-4-6-8-14/h4-12,22-23H,1-3H3. The number of methoxy groups -OCH3 is 1. The van der Waals surface area contributed by atoms with Crippen LogP contribution in [0.2, 0.25) is 0 Å². The summed E-state index contributed by atoms with van der Waals surface area (Å²) in [5.41, 5.74) is 0.878. The molecule has 0 spiro atoms. The molecule has 0 saturated heterocycles. The Morgan fingerprint density at radius 1 is 1.11 bits per heavy atom. The summed E-state index contributed by atoms with van der Waals surface area (Å²) in [5.74, 6) is -0.0378. The molecule has 3 rings (SSSR count). The smallest absolute Gasteiger partial charge is 0.255 e. The van der Waals surface area contributed by atoms with Gasteiger partial charge in [-0.25, -0.2) is 8.60 Å². The van der Waals surface area contributed by atoms with Gasteiger partial charge >= 0.3 is 0 Å². The lowest BCUT2D eigenvalue weighted by atomic mass is 10.2. The highest BCUT2D eigenvalue weighted by Crippen LogP contribution is 2.34. The summed E-state index contributed by atoms with van der Waals surface area (Å²) in [7, 11) is 1.32. The van der Waals surface area contributed by atoms with Crippen LogP contribution in [0.1, 0.15) is 5.56 Å². The summed E-state index contributed by atoms with van der Waals surface area (Å²) >= 11 is 0. The summed E-state index contributed by atoms with van der Waals surface area (Å²) in [6.07, 6.45) is 0. The van der Waals surface area contributed by atoms with Crippen molar-refractivity contribution >= 4 is 28.2 Å². The lowest BCUT2D eigenvalue weighted by Gasteiger charge is -2.19. The molecule has 0 amide bonds. The first-order valence-electron chi connectivity index (χ1n) is 8.45. The highest BCUT2D eigenvalue weighted by atomic mass is 32.2. The molecule has 3 aromatic rings. The molecule has 0 aliphatic carbocycles. The van der Waals surface area contributed by atoms with Crippen molar-refractivity contribution in [3.63, 3.8) is 0 Å². The largest absolute Gasteiger partial charge is 0.494 e. The van der Waals surface area contributed by atoms with Crippen molar-refractivity contribution in [2.75, 3.05) is 17.1 Å². The zero-order valence-electron chi connectivity index (χ0n) is 15.7. The Bertz CT molecular complexity index is 1080. The number of aromatic nitrogens is 1. The zero-order chi connectivity index (χ0) is 20.3. The summed E-state index contributed by atoms with van der Waals surface area (Å²) in [6.45, 7) is 1.78. The minimum atomic E-state index is -1.62. The molecule has 2 aromatic carbocycles. The van der Waals surface area contributed by atoms with E-state index in [1.54, 1.807) is 43.3 Å². The second-order valence-corrected chi connectivity index (χ2v) is 7.34. The van der Waals surface area contributed by atoms with E-state index in [2.05, 4.69) is 10.0 Å². The Morgan fingerprint density at radius 3 is 2.46 bits per heavy atom. The van der Waals surface area contributed by atoms with Gasteiger partial charge < -0.3 is 10.1 Å². The molecule has 0 aliphatic rings. The average Bonchev–Trinajstić information content (AvgIpc) is 2.69. The summed E-state index contributed by atoms with van der Waals surface area (Å²) < 4.78 is 36.6. The van der Waals surface area contributed by atoms with Crippen molar-refractivity contribution < 1.29 is 13.3 Å². The minimum absolute atomic E-state index is 0.183. The Morgan fingerprint density at radius 2 is 1.82 bits per heavy atom. The molecule has 0 saturated carbocycles. The highest BCUT2D eigenvalue weighted by molar-refractivity contribution is 7.86. The normalized spacial score (nSPS) is 11.7. The summed E-state index contributed by atoms with van der Waals surface area (Å²) in [6, 6.07) is 14.8. The molecular formula is C20H20FN3O3S. The predicted molar refractivity (Wildman–Crippen MR) is 109 cm³/mol. The molecule has 28 heavy (non-hydrogen) atoms. The fraction of sp³-hybridized carbons (Fsp3) is 0.150. The highest BCUT2D eigenvalue weighted by Gasteiger charge is 2.19. The average molecular weight is 401 g/mol. The van der Waals surface area contributed by atoms with E-state index >= 15 is 0 Å². The first-order valence-corrected chi connectivity index (χ1v) is 9.60. The van der Waals surface area contributed by atoms with Gasteiger partial charge in [-0.2, -0.15) is 0 Å². The number of aryl methyl sites for hydroxylation is 1. The number of halogens is 1. The van der Waals surface area contributed by atoms with Crippen molar-refractivity contribution in [1.29, 1.82) is 0 Å². The van der Waals surface area contributed by atoms with Crippen molar-refractivity contribution in [2.24, 2.45) is 7.05 Å². The van der Waals surface area contributed by atoms with E-state index < -0.39 is 16.8 Å². The van der Waals surface area contributed by atoms with Crippen LogP contribution in [-0.4, -0.2) is 15.9 Å². The molecule has 0 radical (unpaired) electrons. The van der Waals surface area contributed by atoms with Gasteiger partial charge in [0.2, 0.25) is 0 Å². The third kappa shape index (κ3) is 4.07. The van der Waals surface area contributed by atoms with E-state index in [1.807, 2.05) is 6.07 Å². The van der Waals surface area contributed by atoms with Gasteiger partial charge in [-0.1, -0.05) is 24.3 Å². The maximum Gasteiger partial charge on any atom is 0.255 e. The van der Waals surface area contributed by atoms with E-state index in [1.165, 1.54) is 30.9 Å². The van der Waals surface area contributed by atoms with Crippen LogP contribution < -0.4 is 20.3 Å². The van der Waals surface area contributed by atoms with Crippen LogP contribution in [-0.2, 0) is 18.0 Å². The van der Waals surface area contributed by atoms with E-state index in [-0.39, 0.29) is 28.5 Å². The zero-order valence-corrected chi connectivity index (χ0v) is 16.5. The number of rotatable bonds is 6. The predicted octanol–water partition coefficient (Wildman–Crippen LogP) is 3.72. The van der Waals surface area contributed by atoms with Crippen LogP contribution in [0.15, 0.2) is 64.3 Å². The van der Waals surface area contributed by atoms with Crippen LogP contribution in [0.3, 0.4) is 0 Å². The second kappa shape index (κ2) is 8.26. The van der Waals surface area contributed by atoms with E-state index in [9.17, 15) is 13.4 Å². The minimum Gasteiger partial charge on any atom is -0.494 e. The van der Waals surface area contributed by atoms with Crippen molar-refractivity contribution in [3.8, 4) is 5.75 Å². The number of nitrogens with one attached hydrogen (secondary N) is 2. The molecule has 1 unspecified atom stereocenters. The molecule has 1 heterocycles. The van der Waals surface area contributed by atoms with Gasteiger partial charge in [0, 0.05) is 13.1 Å². The van der Waals surface area contributed by atoms with E-state index in [4.69, 9.17) is 4.74 Å². The Kier molecular flexibility index (Phi) is 5.79. The summed E-state index contributed by atoms with van der Waals surface area (Å²) in [4.78, 5) is 12.8. The van der Waals surface area contributed by atoms with Gasteiger partial charge in [0.15, 0.2) is 5.75 Å². The molecular weight excluding hydrogens is 381 g/mol. The lowest BCUT2D eigenvalue weighted by Crippen LogP contribution is -2.22. The monoisotopic (exact) mass is 401 g/mol. The van der Waals surface area contributed by atoms with Crippen LogP contribution in [0.4, 0.5) is 21.6 Å². The molecule has 0 aliphatic heterocycles. The molecule has 1 aromatic heterocycles. The molecule has 0 fully saturated rings. The fourth-order valence-electron chi connectivity index (χ4n) is 2.63. The first-order chi connectivity index (χ1) is 13.4. The second-order valence-electron chi connectivity index (χ2n) is 6.13.